The van der Waals surface area contributed by atoms with Crippen molar-refractivity contribution < 1.29 is 13.9 Å². The minimum atomic E-state index is -0.384. The van der Waals surface area contributed by atoms with Crippen LogP contribution in [-0.4, -0.2) is 13.4 Å². The third-order valence-electron chi connectivity index (χ3n) is 1.50. The second-order valence-electron chi connectivity index (χ2n) is 2.42. The van der Waals surface area contributed by atoms with Gasteiger partial charge < -0.3 is 4.74 Å². The van der Waals surface area contributed by atoms with E-state index < -0.39 is 0 Å². The van der Waals surface area contributed by atoms with Gasteiger partial charge in [-0.15, -0.1) is 0 Å². The summed E-state index contributed by atoms with van der Waals surface area (Å²) in [5, 5.41) is 0. The molecule has 0 aliphatic carbocycles. The Bertz CT molecular complexity index is 332. The van der Waals surface area contributed by atoms with E-state index in [4.69, 9.17) is 4.74 Å². The molecule has 0 saturated heterocycles. The van der Waals surface area contributed by atoms with Gasteiger partial charge in [-0.3, -0.25) is 4.79 Å². The third kappa shape index (κ3) is 2.71. The highest BCUT2D eigenvalue weighted by Crippen LogP contribution is 2.16. The van der Waals surface area contributed by atoms with Crippen LogP contribution in [0.4, 0.5) is 4.39 Å². The van der Waals surface area contributed by atoms with Crippen molar-refractivity contribution in [1.29, 1.82) is 0 Å². The number of aldehydes is 1. The fourth-order valence-corrected chi connectivity index (χ4v) is 0.949. The van der Waals surface area contributed by atoms with Crippen LogP contribution < -0.4 is 4.74 Å². The van der Waals surface area contributed by atoms with E-state index in [0.29, 0.717) is 17.6 Å². The second kappa shape index (κ2) is 4.40. The van der Waals surface area contributed by atoms with E-state index in [1.807, 2.05) is 0 Å². The molecule has 1 aromatic rings. The Balaban J connectivity index is 3.00. The molecule has 0 heterocycles. The van der Waals surface area contributed by atoms with Crippen molar-refractivity contribution in [2.45, 2.75) is 0 Å². The molecule has 0 aliphatic heterocycles. The van der Waals surface area contributed by atoms with Crippen molar-refractivity contribution in [2.24, 2.45) is 0 Å². The highest BCUT2D eigenvalue weighted by Gasteiger charge is 1.97. The molecule has 13 heavy (non-hydrogen) atoms. The molecule has 0 saturated carbocycles. The zero-order valence-corrected chi connectivity index (χ0v) is 7.16. The molecule has 2 nitrogen and oxygen atoms in total. The van der Waals surface area contributed by atoms with Gasteiger partial charge in [0.05, 0.1) is 7.11 Å². The van der Waals surface area contributed by atoms with Crippen molar-refractivity contribution >= 4 is 12.4 Å². The molecule has 0 aliphatic rings. The van der Waals surface area contributed by atoms with Crippen molar-refractivity contribution in [1.82, 2.24) is 0 Å². The molecule has 1 aromatic carbocycles. The lowest BCUT2D eigenvalue weighted by Crippen LogP contribution is -1.85. The lowest BCUT2D eigenvalue weighted by Gasteiger charge is -2.00. The van der Waals surface area contributed by atoms with Crippen LogP contribution in [0.2, 0.25) is 0 Å². The van der Waals surface area contributed by atoms with Gasteiger partial charge in [-0.25, -0.2) is 4.39 Å². The Morgan fingerprint density at radius 1 is 1.38 bits per heavy atom. The van der Waals surface area contributed by atoms with Crippen LogP contribution in [0.25, 0.3) is 6.08 Å². The van der Waals surface area contributed by atoms with Crippen molar-refractivity contribution in [3.05, 3.63) is 35.7 Å². The average molecular weight is 180 g/mol. The second-order valence-corrected chi connectivity index (χ2v) is 2.42. The van der Waals surface area contributed by atoms with E-state index in [-0.39, 0.29) is 5.82 Å². The molecule has 0 aromatic heterocycles. The van der Waals surface area contributed by atoms with Gasteiger partial charge in [0, 0.05) is 6.07 Å². The molecule has 0 N–H and O–H groups in total. The van der Waals surface area contributed by atoms with Crippen LogP contribution in [0, 0.1) is 5.82 Å². The number of benzene rings is 1. The summed E-state index contributed by atoms with van der Waals surface area (Å²) in [6, 6.07) is 4.24. The van der Waals surface area contributed by atoms with Gasteiger partial charge in [-0.1, -0.05) is 6.08 Å². The molecule has 3 heteroatoms. The summed E-state index contributed by atoms with van der Waals surface area (Å²) < 4.78 is 17.7. The van der Waals surface area contributed by atoms with Gasteiger partial charge in [0.15, 0.2) is 0 Å². The minimum Gasteiger partial charge on any atom is -0.497 e. The fourth-order valence-electron chi connectivity index (χ4n) is 0.949. The molecule has 0 bridgehead atoms. The first-order valence-electron chi connectivity index (χ1n) is 3.72. The topological polar surface area (TPSA) is 26.3 Å². The van der Waals surface area contributed by atoms with Gasteiger partial charge in [0.2, 0.25) is 0 Å². The largest absolute Gasteiger partial charge is 0.497 e. The summed E-state index contributed by atoms with van der Waals surface area (Å²) in [5.74, 6) is 0.0513. The summed E-state index contributed by atoms with van der Waals surface area (Å²) in [6.07, 6.45) is 3.45. The van der Waals surface area contributed by atoms with Crippen LogP contribution in [0.15, 0.2) is 24.3 Å². The normalized spacial score (nSPS) is 10.3. The lowest BCUT2D eigenvalue weighted by atomic mass is 10.2. The number of allylic oxidation sites excluding steroid dienone is 1. The van der Waals surface area contributed by atoms with Gasteiger partial charge in [0.1, 0.15) is 17.9 Å². The van der Waals surface area contributed by atoms with Crippen LogP contribution >= 0.6 is 0 Å². The summed E-state index contributed by atoms with van der Waals surface area (Å²) in [6.45, 7) is 0. The minimum absolute atomic E-state index is 0.384. The summed E-state index contributed by atoms with van der Waals surface area (Å²) in [5.41, 5.74) is 0.601. The van der Waals surface area contributed by atoms with Crippen LogP contribution in [0.5, 0.6) is 5.75 Å². The standard InChI is InChI=1S/C10H9FO2/c1-13-10-6-8(3-2-4-12)5-9(11)7-10/h2-7H,1H3/b3-2+. The molecular formula is C10H9FO2. The highest BCUT2D eigenvalue weighted by molar-refractivity contribution is 5.74. The maximum Gasteiger partial charge on any atom is 0.142 e. The number of carbonyl (C=O) groups excluding carboxylic acids is 1. The number of carbonyl (C=O) groups is 1. The Hall–Kier alpha value is -1.64. The quantitative estimate of drug-likeness (QED) is 0.525. The van der Waals surface area contributed by atoms with Crippen LogP contribution in [0.3, 0.4) is 0 Å². The number of rotatable bonds is 3. The Labute approximate surface area is 75.6 Å². The zero-order valence-electron chi connectivity index (χ0n) is 7.16. The molecule has 0 amide bonds. The number of halogens is 1. The molecule has 0 spiro atoms. The highest BCUT2D eigenvalue weighted by atomic mass is 19.1. The first-order chi connectivity index (χ1) is 6.26. The predicted octanol–water partition coefficient (Wildman–Crippen LogP) is 2.05. The van der Waals surface area contributed by atoms with E-state index >= 15 is 0 Å². The Morgan fingerprint density at radius 3 is 2.77 bits per heavy atom. The molecule has 0 atom stereocenters. The van der Waals surface area contributed by atoms with E-state index in [1.54, 1.807) is 6.07 Å². The fraction of sp³-hybridized carbons (Fsp3) is 0.100. The van der Waals surface area contributed by atoms with E-state index in [9.17, 15) is 9.18 Å². The molecular weight excluding hydrogens is 171 g/mol. The number of hydrogen-bond acceptors (Lipinski definition) is 2. The summed E-state index contributed by atoms with van der Waals surface area (Å²) >= 11 is 0. The number of hydrogen-bond donors (Lipinski definition) is 0. The van der Waals surface area contributed by atoms with Gasteiger partial charge in [0.25, 0.3) is 0 Å². The van der Waals surface area contributed by atoms with E-state index in [2.05, 4.69) is 0 Å². The monoisotopic (exact) mass is 180 g/mol. The smallest absolute Gasteiger partial charge is 0.142 e. The number of ether oxygens (including phenoxy) is 1. The SMILES string of the molecule is COc1cc(F)cc(/C=C/C=O)c1. The zero-order chi connectivity index (χ0) is 9.68. The van der Waals surface area contributed by atoms with Crippen molar-refractivity contribution in [3.63, 3.8) is 0 Å². The first-order valence-corrected chi connectivity index (χ1v) is 3.72. The van der Waals surface area contributed by atoms with Gasteiger partial charge >= 0.3 is 0 Å². The van der Waals surface area contributed by atoms with E-state index in [0.717, 1.165) is 0 Å². The molecule has 1 rings (SSSR count). The maximum absolute atomic E-state index is 12.8. The predicted molar refractivity (Wildman–Crippen MR) is 48.1 cm³/mol. The van der Waals surface area contributed by atoms with Crippen LogP contribution in [0.1, 0.15) is 5.56 Å². The van der Waals surface area contributed by atoms with Crippen molar-refractivity contribution in [3.8, 4) is 5.75 Å². The molecule has 0 radical (unpaired) electrons. The number of methoxy groups -OCH3 is 1. The molecule has 68 valence electrons. The summed E-state index contributed by atoms with van der Waals surface area (Å²) in [7, 11) is 1.46. The average Bonchev–Trinajstić information content (AvgIpc) is 2.14. The molecule has 0 fully saturated rings. The lowest BCUT2D eigenvalue weighted by molar-refractivity contribution is -0.104. The van der Waals surface area contributed by atoms with Gasteiger partial charge in [-0.2, -0.15) is 0 Å². The molecule has 0 unspecified atom stereocenters. The van der Waals surface area contributed by atoms with Crippen molar-refractivity contribution in [2.75, 3.05) is 7.11 Å². The Kier molecular flexibility index (Phi) is 3.20. The first kappa shape index (κ1) is 9.45. The van der Waals surface area contributed by atoms with E-state index in [1.165, 1.54) is 31.4 Å². The van der Waals surface area contributed by atoms with Crippen LogP contribution in [-0.2, 0) is 4.79 Å². The maximum atomic E-state index is 12.8. The van der Waals surface area contributed by atoms with Gasteiger partial charge in [-0.05, 0) is 23.8 Å². The summed E-state index contributed by atoms with van der Waals surface area (Å²) in [4.78, 5) is 10.0. The Morgan fingerprint density at radius 2 is 2.15 bits per heavy atom. The third-order valence-corrected chi connectivity index (χ3v) is 1.50.